The standard InChI is InChI=1S/C15H21N2O3/c1-2-3-12-20-15(19)17-10-8-16(9-11-17)13-4-6-14(18)7-5-13/h4-7H,2-3,8-12H2,1H3. The Labute approximate surface area is 119 Å². The van der Waals surface area contributed by atoms with Crippen molar-refractivity contribution in [3.8, 4) is 5.75 Å². The molecule has 1 heterocycles. The molecule has 0 spiro atoms. The molecule has 1 aromatic carbocycles. The van der Waals surface area contributed by atoms with Gasteiger partial charge in [0.25, 0.3) is 0 Å². The van der Waals surface area contributed by atoms with Crippen molar-refractivity contribution < 1.29 is 14.6 Å². The second-order valence-corrected chi connectivity index (χ2v) is 4.94. The summed E-state index contributed by atoms with van der Waals surface area (Å²) in [6.07, 6.45) is 1.72. The number of hydrogen-bond donors (Lipinski definition) is 0. The molecule has 2 rings (SSSR count). The van der Waals surface area contributed by atoms with Gasteiger partial charge in [0, 0.05) is 31.9 Å². The van der Waals surface area contributed by atoms with Gasteiger partial charge in [0.05, 0.1) is 6.61 Å². The van der Waals surface area contributed by atoms with Gasteiger partial charge in [-0.25, -0.2) is 4.79 Å². The van der Waals surface area contributed by atoms with Crippen LogP contribution in [0, 0.1) is 0 Å². The molecule has 1 fully saturated rings. The third-order valence-electron chi connectivity index (χ3n) is 3.46. The molecule has 5 heteroatoms. The Hall–Kier alpha value is -1.91. The number of hydrogen-bond acceptors (Lipinski definition) is 3. The van der Waals surface area contributed by atoms with Gasteiger partial charge in [0.15, 0.2) is 5.75 Å². The summed E-state index contributed by atoms with van der Waals surface area (Å²) in [6, 6.07) is 6.80. The fourth-order valence-corrected chi connectivity index (χ4v) is 2.20. The number of benzene rings is 1. The number of amides is 1. The minimum Gasteiger partial charge on any atom is -0.449 e. The lowest BCUT2D eigenvalue weighted by Crippen LogP contribution is -2.49. The molecule has 1 amide bonds. The number of ether oxygens (including phenoxy) is 1. The van der Waals surface area contributed by atoms with Crippen LogP contribution < -0.4 is 4.90 Å². The highest BCUT2D eigenvalue weighted by Gasteiger charge is 2.22. The van der Waals surface area contributed by atoms with E-state index in [-0.39, 0.29) is 11.8 Å². The molecule has 1 aliphatic heterocycles. The zero-order chi connectivity index (χ0) is 14.4. The summed E-state index contributed by atoms with van der Waals surface area (Å²) in [5.41, 5.74) is 1.03. The summed E-state index contributed by atoms with van der Waals surface area (Å²) in [4.78, 5) is 15.7. The fraction of sp³-hybridized carbons (Fsp3) is 0.533. The van der Waals surface area contributed by atoms with Gasteiger partial charge in [-0.15, -0.1) is 0 Å². The smallest absolute Gasteiger partial charge is 0.409 e. The van der Waals surface area contributed by atoms with E-state index >= 15 is 0 Å². The van der Waals surface area contributed by atoms with Gasteiger partial charge in [0.2, 0.25) is 0 Å². The van der Waals surface area contributed by atoms with Crippen LogP contribution >= 0.6 is 0 Å². The number of unbranched alkanes of at least 4 members (excludes halogenated alkanes) is 1. The van der Waals surface area contributed by atoms with Crippen molar-refractivity contribution in [2.45, 2.75) is 19.8 Å². The maximum Gasteiger partial charge on any atom is 0.409 e. The highest BCUT2D eigenvalue weighted by Crippen LogP contribution is 2.20. The summed E-state index contributed by atoms with van der Waals surface area (Å²) in [5.74, 6) is 0.0203. The van der Waals surface area contributed by atoms with Crippen molar-refractivity contribution in [1.29, 1.82) is 0 Å². The lowest BCUT2D eigenvalue weighted by Gasteiger charge is -2.35. The van der Waals surface area contributed by atoms with E-state index in [0.717, 1.165) is 31.6 Å². The van der Waals surface area contributed by atoms with E-state index in [2.05, 4.69) is 11.8 Å². The van der Waals surface area contributed by atoms with Crippen molar-refractivity contribution in [2.75, 3.05) is 37.7 Å². The molecule has 0 N–H and O–H groups in total. The normalized spacial score (nSPS) is 15.2. The van der Waals surface area contributed by atoms with Crippen molar-refractivity contribution in [1.82, 2.24) is 4.90 Å². The van der Waals surface area contributed by atoms with Gasteiger partial charge in [-0.3, -0.25) is 5.11 Å². The minimum atomic E-state index is -0.215. The van der Waals surface area contributed by atoms with Gasteiger partial charge in [-0.1, -0.05) is 13.3 Å². The van der Waals surface area contributed by atoms with Gasteiger partial charge in [-0.05, 0) is 30.7 Å². The SMILES string of the molecule is CCCCOC(=O)N1CCN(c2ccc([O])cc2)CC1. The van der Waals surface area contributed by atoms with Crippen molar-refractivity contribution >= 4 is 11.8 Å². The molecule has 0 aromatic heterocycles. The van der Waals surface area contributed by atoms with Gasteiger partial charge in [0.1, 0.15) is 0 Å². The van der Waals surface area contributed by atoms with E-state index in [1.54, 1.807) is 17.0 Å². The quantitative estimate of drug-likeness (QED) is 0.795. The maximum atomic E-state index is 11.8. The van der Waals surface area contributed by atoms with Crippen LogP contribution in [0.4, 0.5) is 10.5 Å². The highest BCUT2D eigenvalue weighted by atomic mass is 16.6. The summed E-state index contributed by atoms with van der Waals surface area (Å²) >= 11 is 0. The van der Waals surface area contributed by atoms with Crippen LogP contribution in [-0.4, -0.2) is 43.8 Å². The zero-order valence-electron chi connectivity index (χ0n) is 11.9. The molecule has 1 aliphatic rings. The Bertz CT molecular complexity index is 425. The first-order valence-electron chi connectivity index (χ1n) is 7.14. The van der Waals surface area contributed by atoms with Crippen molar-refractivity contribution in [3.63, 3.8) is 0 Å². The third kappa shape index (κ3) is 3.79. The summed E-state index contributed by atoms with van der Waals surface area (Å²) in [7, 11) is 0. The van der Waals surface area contributed by atoms with Gasteiger partial charge < -0.3 is 14.5 Å². The number of rotatable bonds is 4. The first-order chi connectivity index (χ1) is 9.70. The van der Waals surface area contributed by atoms with Crippen LogP contribution in [0.1, 0.15) is 19.8 Å². The van der Waals surface area contributed by atoms with Gasteiger partial charge >= 0.3 is 6.09 Å². The molecule has 0 unspecified atom stereocenters. The van der Waals surface area contributed by atoms with Crippen LogP contribution in [0.25, 0.3) is 0 Å². The largest absolute Gasteiger partial charge is 0.449 e. The first-order valence-corrected chi connectivity index (χ1v) is 7.14. The van der Waals surface area contributed by atoms with Crippen LogP contribution in [0.5, 0.6) is 5.75 Å². The monoisotopic (exact) mass is 277 g/mol. The number of carbonyl (C=O) groups is 1. The Kier molecular flexibility index (Phi) is 5.09. The minimum absolute atomic E-state index is 0.0203. The lowest BCUT2D eigenvalue weighted by molar-refractivity contribution is 0.0989. The molecule has 0 atom stereocenters. The van der Waals surface area contributed by atoms with Crippen molar-refractivity contribution in [3.05, 3.63) is 24.3 Å². The average molecular weight is 277 g/mol. The van der Waals surface area contributed by atoms with E-state index in [1.807, 2.05) is 12.1 Å². The first kappa shape index (κ1) is 14.5. The molecule has 109 valence electrons. The molecule has 20 heavy (non-hydrogen) atoms. The summed E-state index contributed by atoms with van der Waals surface area (Å²) in [6.45, 7) is 5.41. The molecule has 0 bridgehead atoms. The van der Waals surface area contributed by atoms with Crippen LogP contribution in [0.3, 0.4) is 0 Å². The molecular formula is C15H21N2O3. The molecule has 0 aliphatic carbocycles. The van der Waals surface area contributed by atoms with E-state index in [9.17, 15) is 9.90 Å². The predicted molar refractivity (Wildman–Crippen MR) is 76.6 cm³/mol. The molecule has 1 aromatic rings. The second kappa shape index (κ2) is 7.03. The van der Waals surface area contributed by atoms with E-state index in [4.69, 9.17) is 4.74 Å². The van der Waals surface area contributed by atoms with Crippen LogP contribution in [0.15, 0.2) is 24.3 Å². The maximum absolute atomic E-state index is 11.8. The van der Waals surface area contributed by atoms with Crippen LogP contribution in [-0.2, 0) is 9.84 Å². The van der Waals surface area contributed by atoms with Crippen molar-refractivity contribution in [2.24, 2.45) is 0 Å². The molecule has 5 nitrogen and oxygen atoms in total. The molecule has 1 saturated heterocycles. The number of nitrogens with zero attached hydrogens (tertiary/aromatic N) is 2. The number of carbonyl (C=O) groups excluding carboxylic acids is 1. The predicted octanol–water partition coefficient (Wildman–Crippen LogP) is 2.89. The molecular weight excluding hydrogens is 256 g/mol. The fourth-order valence-electron chi connectivity index (χ4n) is 2.20. The van der Waals surface area contributed by atoms with Crippen LogP contribution in [0.2, 0.25) is 0 Å². The molecule has 1 radical (unpaired) electrons. The highest BCUT2D eigenvalue weighted by molar-refractivity contribution is 5.68. The summed E-state index contributed by atoms with van der Waals surface area (Å²) in [5, 5.41) is 11.1. The third-order valence-corrected chi connectivity index (χ3v) is 3.46. The van der Waals surface area contributed by atoms with E-state index < -0.39 is 0 Å². The van der Waals surface area contributed by atoms with E-state index in [0.29, 0.717) is 19.7 Å². The second-order valence-electron chi connectivity index (χ2n) is 4.94. The zero-order valence-corrected chi connectivity index (χ0v) is 11.9. The number of anilines is 1. The Morgan fingerprint density at radius 2 is 1.80 bits per heavy atom. The lowest BCUT2D eigenvalue weighted by atomic mass is 10.2. The van der Waals surface area contributed by atoms with E-state index in [1.165, 1.54) is 0 Å². The Balaban J connectivity index is 1.80. The number of piperazine rings is 1. The topological polar surface area (TPSA) is 52.7 Å². The Morgan fingerprint density at radius 3 is 2.40 bits per heavy atom. The average Bonchev–Trinajstić information content (AvgIpc) is 2.48. The Morgan fingerprint density at radius 1 is 1.15 bits per heavy atom. The molecule has 0 saturated carbocycles. The van der Waals surface area contributed by atoms with Gasteiger partial charge in [-0.2, -0.15) is 0 Å². The summed E-state index contributed by atoms with van der Waals surface area (Å²) < 4.78 is 5.21.